The van der Waals surface area contributed by atoms with Crippen LogP contribution in [-0.4, -0.2) is 118 Å². The Morgan fingerprint density at radius 2 is 1.82 bits per heavy atom. The monoisotopic (exact) mass is 763 g/mol. The fourth-order valence-electron chi connectivity index (χ4n) is 5.78. The third-order valence-corrected chi connectivity index (χ3v) is 11.5. The number of aliphatic hydroxyl groups excluding tert-OH is 5. The zero-order valence-corrected chi connectivity index (χ0v) is 30.8. The standard InChI is InChI=1S/C36H46ClN3O9S2/c1-51(47,48)18-16-40(35(46)34(45)33(44)32(43)30(42)22-41)15-4-17-50-25-9-10-29(37)23(19-25)20-39-36(12-13-36)28-21-38-14-11-26(28)27-5-2-3-6-31(27)49-24-7-8-24/h2-3,5-6,9-11,14,19,21,24,30,32-34,39,41-45H,4,7-8,12-13,15-18,20,22H2,1H3/t30-,32+,33-,34-/m0/s1. The highest BCUT2D eigenvalue weighted by Crippen LogP contribution is 2.50. The summed E-state index contributed by atoms with van der Waals surface area (Å²) in [5, 5.41) is 53.6. The van der Waals surface area contributed by atoms with E-state index in [2.05, 4.69) is 16.4 Å². The fraction of sp³-hybridized carbons (Fsp3) is 0.500. The summed E-state index contributed by atoms with van der Waals surface area (Å²) in [5.41, 5.74) is 3.92. The summed E-state index contributed by atoms with van der Waals surface area (Å²) < 4.78 is 29.9. The Labute approximate surface area is 307 Å². The van der Waals surface area contributed by atoms with Crippen LogP contribution in [0.25, 0.3) is 11.1 Å². The second-order valence-corrected chi connectivity index (χ2v) is 17.1. The second-order valence-electron chi connectivity index (χ2n) is 13.3. The number of aliphatic hydroxyl groups is 5. The number of benzene rings is 2. The van der Waals surface area contributed by atoms with Gasteiger partial charge in [0.05, 0.1) is 18.5 Å². The van der Waals surface area contributed by atoms with Gasteiger partial charge in [-0.05, 0) is 84.9 Å². The van der Waals surface area contributed by atoms with Crippen LogP contribution in [0.4, 0.5) is 0 Å². The number of sulfone groups is 1. The SMILES string of the molecule is CS(=O)(=O)CCN(CCCSc1ccc(Cl)c(CNC2(c3cnccc3-c3ccccc3OC3CC3)CC2)c1)C(=O)[C@@H](O)[C@@H](O)[C@H](O)[C@@H](O)CO. The third kappa shape index (κ3) is 10.6. The van der Waals surface area contributed by atoms with Crippen molar-refractivity contribution < 1.29 is 43.5 Å². The largest absolute Gasteiger partial charge is 0.490 e. The van der Waals surface area contributed by atoms with Crippen LogP contribution in [0.2, 0.25) is 5.02 Å². The Bertz CT molecular complexity index is 1760. The summed E-state index contributed by atoms with van der Waals surface area (Å²) in [4.78, 5) is 19.5. The van der Waals surface area contributed by atoms with Crippen molar-refractivity contribution in [2.45, 2.75) is 79.6 Å². The molecule has 6 N–H and O–H groups in total. The number of hydrogen-bond donors (Lipinski definition) is 6. The first-order valence-corrected chi connectivity index (χ1v) is 20.4. The minimum Gasteiger partial charge on any atom is -0.490 e. The lowest BCUT2D eigenvalue weighted by Gasteiger charge is -2.30. The maximum atomic E-state index is 13.0. The topological polar surface area (TPSA) is 190 Å². The molecule has 0 spiro atoms. The molecule has 12 nitrogen and oxygen atoms in total. The molecule has 2 saturated carbocycles. The number of thioether (sulfide) groups is 1. The van der Waals surface area contributed by atoms with Crippen LogP contribution in [-0.2, 0) is 26.7 Å². The van der Waals surface area contributed by atoms with E-state index in [4.69, 9.17) is 21.4 Å². The molecule has 1 aromatic heterocycles. The first kappa shape index (κ1) is 39.4. The van der Waals surface area contributed by atoms with E-state index < -0.39 is 46.8 Å². The number of rotatable bonds is 20. The normalized spacial score (nSPS) is 17.7. The highest BCUT2D eigenvalue weighted by atomic mass is 35.5. The molecule has 2 aliphatic carbocycles. The number of amides is 1. The molecule has 0 unspecified atom stereocenters. The van der Waals surface area contributed by atoms with E-state index in [0.717, 1.165) is 69.7 Å². The van der Waals surface area contributed by atoms with Crippen molar-refractivity contribution in [1.29, 1.82) is 0 Å². The number of para-hydroxylation sites is 1. The van der Waals surface area contributed by atoms with Gasteiger partial charge in [0.1, 0.15) is 33.9 Å². The molecule has 15 heteroatoms. The lowest BCUT2D eigenvalue weighted by Crippen LogP contribution is -2.53. The molecule has 4 atom stereocenters. The minimum atomic E-state index is -3.46. The molecule has 0 bridgehead atoms. The summed E-state index contributed by atoms with van der Waals surface area (Å²) in [6.45, 7) is -0.543. The van der Waals surface area contributed by atoms with Crippen molar-refractivity contribution >= 4 is 39.1 Å². The zero-order valence-electron chi connectivity index (χ0n) is 28.4. The maximum absolute atomic E-state index is 13.0. The molecule has 2 aliphatic rings. The number of pyridine rings is 1. The third-order valence-electron chi connectivity index (χ3n) is 9.11. The van der Waals surface area contributed by atoms with Gasteiger partial charge in [-0.1, -0.05) is 29.8 Å². The van der Waals surface area contributed by atoms with Gasteiger partial charge in [-0.3, -0.25) is 9.78 Å². The summed E-state index contributed by atoms with van der Waals surface area (Å²) in [6.07, 6.45) is 1.51. The molecule has 5 rings (SSSR count). The van der Waals surface area contributed by atoms with Gasteiger partial charge in [0.2, 0.25) is 0 Å². The van der Waals surface area contributed by atoms with E-state index >= 15 is 0 Å². The fourth-order valence-corrected chi connectivity index (χ4v) is 7.42. The Kier molecular flexibility index (Phi) is 13.4. The van der Waals surface area contributed by atoms with Gasteiger partial charge in [-0.25, -0.2) is 8.42 Å². The molecule has 1 heterocycles. The van der Waals surface area contributed by atoms with Crippen molar-refractivity contribution in [1.82, 2.24) is 15.2 Å². The lowest BCUT2D eigenvalue weighted by atomic mass is 9.94. The van der Waals surface area contributed by atoms with Crippen molar-refractivity contribution in [2.75, 3.05) is 37.5 Å². The van der Waals surface area contributed by atoms with Crippen molar-refractivity contribution in [3.8, 4) is 16.9 Å². The van der Waals surface area contributed by atoms with Crippen LogP contribution in [0, 0.1) is 0 Å². The first-order chi connectivity index (χ1) is 24.3. The number of carbonyl (C=O) groups is 1. The minimum absolute atomic E-state index is 0.0660. The molecular weight excluding hydrogens is 718 g/mol. The molecule has 1 amide bonds. The Balaban J connectivity index is 1.20. The van der Waals surface area contributed by atoms with E-state index in [0.29, 0.717) is 23.7 Å². The number of ether oxygens (including phenoxy) is 1. The van der Waals surface area contributed by atoms with Crippen molar-refractivity contribution in [3.63, 3.8) is 0 Å². The molecule has 0 saturated heterocycles. The second kappa shape index (κ2) is 17.4. The van der Waals surface area contributed by atoms with Gasteiger partial charge >= 0.3 is 0 Å². The molecule has 278 valence electrons. The van der Waals surface area contributed by atoms with Crippen molar-refractivity contribution in [2.24, 2.45) is 0 Å². The lowest BCUT2D eigenvalue weighted by molar-refractivity contribution is -0.158. The quantitative estimate of drug-likeness (QED) is 0.0730. The highest BCUT2D eigenvalue weighted by Gasteiger charge is 2.46. The molecule has 2 aromatic carbocycles. The summed E-state index contributed by atoms with van der Waals surface area (Å²) >= 11 is 8.17. The van der Waals surface area contributed by atoms with E-state index in [1.807, 2.05) is 54.9 Å². The van der Waals surface area contributed by atoms with Crippen LogP contribution in [0.5, 0.6) is 5.75 Å². The van der Waals surface area contributed by atoms with Gasteiger partial charge in [0.15, 0.2) is 6.10 Å². The molecule has 0 aliphatic heterocycles. The average molecular weight is 764 g/mol. The Morgan fingerprint density at radius 1 is 1.08 bits per heavy atom. The van der Waals surface area contributed by atoms with Gasteiger partial charge in [-0.15, -0.1) is 11.8 Å². The molecule has 51 heavy (non-hydrogen) atoms. The number of nitrogens with zero attached hydrogens (tertiary/aromatic N) is 2. The van der Waals surface area contributed by atoms with E-state index in [-0.39, 0.29) is 30.5 Å². The number of carbonyl (C=O) groups excluding carboxylic acids is 1. The number of aromatic nitrogens is 1. The number of nitrogens with one attached hydrogen (secondary N) is 1. The van der Waals surface area contributed by atoms with E-state index in [1.165, 1.54) is 11.8 Å². The molecule has 2 fully saturated rings. The molecule has 0 radical (unpaired) electrons. The van der Waals surface area contributed by atoms with Crippen LogP contribution < -0.4 is 10.1 Å². The number of hydrogen-bond acceptors (Lipinski definition) is 12. The van der Waals surface area contributed by atoms with Gasteiger partial charge in [-0.2, -0.15) is 0 Å². The van der Waals surface area contributed by atoms with Crippen molar-refractivity contribution in [3.05, 3.63) is 77.1 Å². The predicted octanol–water partition coefficient (Wildman–Crippen LogP) is 2.51. The van der Waals surface area contributed by atoms with Crippen LogP contribution in [0.15, 0.2) is 65.8 Å². The molecule has 3 aromatic rings. The summed E-state index contributed by atoms with van der Waals surface area (Å²) in [6, 6.07) is 15.9. The Hall–Kier alpha value is -2.79. The first-order valence-electron chi connectivity index (χ1n) is 17.0. The van der Waals surface area contributed by atoms with Crippen LogP contribution in [0.3, 0.4) is 0 Å². The van der Waals surface area contributed by atoms with Gasteiger partial charge in [0, 0.05) is 59.3 Å². The van der Waals surface area contributed by atoms with Gasteiger partial charge < -0.3 is 40.5 Å². The van der Waals surface area contributed by atoms with Crippen LogP contribution in [0.1, 0.15) is 43.2 Å². The van der Waals surface area contributed by atoms with E-state index in [9.17, 15) is 33.6 Å². The predicted molar refractivity (Wildman–Crippen MR) is 195 cm³/mol. The summed E-state index contributed by atoms with van der Waals surface area (Å²) in [5.74, 6) is 0.0501. The smallest absolute Gasteiger partial charge is 0.254 e. The average Bonchev–Trinajstić information content (AvgIpc) is 4.07. The van der Waals surface area contributed by atoms with Gasteiger partial charge in [0.25, 0.3) is 5.91 Å². The van der Waals surface area contributed by atoms with E-state index in [1.54, 1.807) is 0 Å². The Morgan fingerprint density at radius 3 is 2.51 bits per heavy atom. The summed E-state index contributed by atoms with van der Waals surface area (Å²) in [7, 11) is -3.46. The maximum Gasteiger partial charge on any atom is 0.254 e. The number of halogens is 1. The van der Waals surface area contributed by atoms with Crippen LogP contribution >= 0.6 is 23.4 Å². The molecular formula is C36H46ClN3O9S2. The highest BCUT2D eigenvalue weighted by molar-refractivity contribution is 7.99. The zero-order chi connectivity index (χ0) is 36.8.